The maximum Gasteiger partial charge on any atom is 0.328 e. The molecule has 0 heterocycles. The number of aliphatic hydroxyl groups excluding tert-OH is 1. The van der Waals surface area contributed by atoms with Gasteiger partial charge < -0.3 is 37.0 Å². The second kappa shape index (κ2) is 14.3. The summed E-state index contributed by atoms with van der Waals surface area (Å²) in [4.78, 5) is 60.9. The van der Waals surface area contributed by atoms with E-state index in [2.05, 4.69) is 16.0 Å². The van der Waals surface area contributed by atoms with Gasteiger partial charge in [0.15, 0.2) is 0 Å². The molecule has 0 aliphatic heterocycles. The first-order valence-corrected chi connectivity index (χ1v) is 11.4. The van der Waals surface area contributed by atoms with Gasteiger partial charge in [-0.25, -0.2) is 4.79 Å². The number of carbonyl (C=O) groups excluding carboxylic acids is 3. The van der Waals surface area contributed by atoms with Crippen molar-refractivity contribution in [3.8, 4) is 0 Å². The minimum atomic E-state index is -1.59. The molecule has 0 saturated heterocycles. The number of rotatable bonds is 14. The first-order chi connectivity index (χ1) is 17.6. The van der Waals surface area contributed by atoms with Crippen molar-refractivity contribution in [1.82, 2.24) is 16.0 Å². The number of carbonyl (C=O) groups is 5. The van der Waals surface area contributed by atoms with Gasteiger partial charge in [-0.05, 0) is 11.1 Å². The van der Waals surface area contributed by atoms with Gasteiger partial charge in [0.1, 0.15) is 18.1 Å². The van der Waals surface area contributed by atoms with Gasteiger partial charge in [0.05, 0.1) is 19.1 Å². The van der Waals surface area contributed by atoms with Crippen LogP contribution in [0.2, 0.25) is 0 Å². The molecule has 0 saturated carbocycles. The van der Waals surface area contributed by atoms with E-state index in [0.29, 0.717) is 11.1 Å². The summed E-state index contributed by atoms with van der Waals surface area (Å²) in [7, 11) is 0. The molecule has 12 nitrogen and oxygen atoms in total. The van der Waals surface area contributed by atoms with Crippen molar-refractivity contribution >= 4 is 29.7 Å². The molecule has 0 aromatic heterocycles. The van der Waals surface area contributed by atoms with Crippen LogP contribution in [0.4, 0.5) is 0 Å². The van der Waals surface area contributed by atoms with Crippen LogP contribution in [0.3, 0.4) is 0 Å². The van der Waals surface area contributed by atoms with Crippen LogP contribution in [0.25, 0.3) is 0 Å². The van der Waals surface area contributed by atoms with Crippen molar-refractivity contribution in [1.29, 1.82) is 0 Å². The molecule has 2 aromatic rings. The van der Waals surface area contributed by atoms with Gasteiger partial charge in [0, 0.05) is 12.8 Å². The number of carboxylic acids is 2. The summed E-state index contributed by atoms with van der Waals surface area (Å²) in [6, 6.07) is 11.8. The molecule has 4 atom stereocenters. The summed E-state index contributed by atoms with van der Waals surface area (Å²) in [5.74, 6) is -5.24. The Morgan fingerprint density at radius 1 is 0.676 bits per heavy atom. The summed E-state index contributed by atoms with van der Waals surface area (Å²) < 4.78 is 0. The molecular weight excluding hydrogens is 484 g/mol. The molecule has 0 bridgehead atoms. The Hall–Kier alpha value is -4.29. The molecule has 198 valence electrons. The van der Waals surface area contributed by atoms with Gasteiger partial charge >= 0.3 is 11.9 Å². The van der Waals surface area contributed by atoms with Crippen molar-refractivity contribution in [3.05, 3.63) is 71.8 Å². The van der Waals surface area contributed by atoms with Crippen LogP contribution in [0.15, 0.2) is 60.7 Å². The van der Waals surface area contributed by atoms with Gasteiger partial charge in [0.2, 0.25) is 17.7 Å². The zero-order chi connectivity index (χ0) is 27.4. The zero-order valence-electron chi connectivity index (χ0n) is 19.9. The van der Waals surface area contributed by atoms with Crippen LogP contribution in [0.5, 0.6) is 0 Å². The third-order valence-corrected chi connectivity index (χ3v) is 5.36. The number of hydrogen-bond acceptors (Lipinski definition) is 7. The van der Waals surface area contributed by atoms with E-state index in [9.17, 15) is 34.2 Å². The predicted octanol–water partition coefficient (Wildman–Crippen LogP) is -1.19. The van der Waals surface area contributed by atoms with Crippen molar-refractivity contribution in [2.24, 2.45) is 5.73 Å². The van der Waals surface area contributed by atoms with E-state index in [1.807, 2.05) is 0 Å². The topological polar surface area (TPSA) is 208 Å². The largest absolute Gasteiger partial charge is 0.481 e. The Kier molecular flexibility index (Phi) is 11.2. The predicted molar refractivity (Wildman–Crippen MR) is 131 cm³/mol. The van der Waals surface area contributed by atoms with Crippen LogP contribution < -0.4 is 21.7 Å². The first kappa shape index (κ1) is 28.9. The fourth-order valence-corrected chi connectivity index (χ4v) is 3.41. The van der Waals surface area contributed by atoms with Gasteiger partial charge in [-0.15, -0.1) is 0 Å². The number of nitrogens with one attached hydrogen (secondary N) is 3. The Bertz CT molecular complexity index is 1080. The minimum Gasteiger partial charge on any atom is -0.481 e. The fraction of sp³-hybridized carbons (Fsp3) is 0.320. The van der Waals surface area contributed by atoms with Crippen molar-refractivity contribution < 1.29 is 39.3 Å². The highest BCUT2D eigenvalue weighted by molar-refractivity contribution is 5.95. The second-order valence-corrected chi connectivity index (χ2v) is 8.29. The van der Waals surface area contributed by atoms with Crippen LogP contribution >= 0.6 is 0 Å². The molecule has 0 fully saturated rings. The highest BCUT2D eigenvalue weighted by atomic mass is 16.4. The molecule has 37 heavy (non-hydrogen) atoms. The minimum absolute atomic E-state index is 0.00622. The molecule has 12 heteroatoms. The lowest BCUT2D eigenvalue weighted by Crippen LogP contribution is -2.58. The number of nitrogens with two attached hydrogens (primary N) is 1. The molecule has 0 aliphatic carbocycles. The van der Waals surface area contributed by atoms with Gasteiger partial charge in [-0.3, -0.25) is 19.2 Å². The average molecular weight is 515 g/mol. The SMILES string of the molecule is NC(CC(=O)O)C(=O)NC(Cc1ccccc1)C(=O)NC(Cc1ccccc1)C(=O)NC(CO)C(=O)O. The van der Waals surface area contributed by atoms with Crippen molar-refractivity contribution in [2.45, 2.75) is 43.4 Å². The second-order valence-electron chi connectivity index (χ2n) is 8.29. The lowest BCUT2D eigenvalue weighted by atomic mass is 10.0. The zero-order valence-corrected chi connectivity index (χ0v) is 19.9. The van der Waals surface area contributed by atoms with E-state index in [4.69, 9.17) is 10.8 Å². The molecule has 0 radical (unpaired) electrons. The van der Waals surface area contributed by atoms with Crippen molar-refractivity contribution in [2.75, 3.05) is 6.61 Å². The Balaban J connectivity index is 2.28. The molecular formula is C25H30N4O8. The van der Waals surface area contributed by atoms with Crippen LogP contribution in [0.1, 0.15) is 17.5 Å². The standard InChI is InChI=1S/C25H30N4O8/c26-17(13-21(31)32)22(33)27-18(11-15-7-3-1-4-8-15)23(34)28-19(12-16-9-5-2-6-10-16)24(35)29-20(14-30)25(36)37/h1-10,17-20,30H,11-14,26H2,(H,27,33)(H,28,34)(H,29,35)(H,31,32)(H,36,37). The Labute approximate surface area is 212 Å². The van der Waals surface area contributed by atoms with Crippen LogP contribution in [-0.2, 0) is 36.8 Å². The molecule has 2 rings (SSSR count). The molecule has 0 aliphatic rings. The summed E-state index contributed by atoms with van der Waals surface area (Å²) in [5, 5.41) is 34.5. The van der Waals surface area contributed by atoms with E-state index in [0.717, 1.165) is 0 Å². The summed E-state index contributed by atoms with van der Waals surface area (Å²) >= 11 is 0. The van der Waals surface area contributed by atoms with E-state index < -0.39 is 66.9 Å². The van der Waals surface area contributed by atoms with Crippen molar-refractivity contribution in [3.63, 3.8) is 0 Å². The normalized spacial score (nSPS) is 13.9. The van der Waals surface area contributed by atoms with Gasteiger partial charge in [-0.2, -0.15) is 0 Å². The average Bonchev–Trinajstić information content (AvgIpc) is 2.86. The molecule has 4 unspecified atom stereocenters. The number of carboxylic acid groups (broad SMARTS) is 2. The number of hydrogen-bond donors (Lipinski definition) is 7. The van der Waals surface area contributed by atoms with E-state index in [1.54, 1.807) is 60.7 Å². The van der Waals surface area contributed by atoms with Crippen LogP contribution in [0, 0.1) is 0 Å². The van der Waals surface area contributed by atoms with E-state index in [-0.39, 0.29) is 12.8 Å². The Morgan fingerprint density at radius 3 is 1.46 bits per heavy atom. The monoisotopic (exact) mass is 514 g/mol. The van der Waals surface area contributed by atoms with Gasteiger partial charge in [0.25, 0.3) is 0 Å². The molecule has 2 aromatic carbocycles. The maximum absolute atomic E-state index is 13.3. The number of aliphatic hydroxyl groups is 1. The highest BCUT2D eigenvalue weighted by Gasteiger charge is 2.31. The maximum atomic E-state index is 13.3. The highest BCUT2D eigenvalue weighted by Crippen LogP contribution is 2.08. The number of benzene rings is 2. The molecule has 3 amide bonds. The smallest absolute Gasteiger partial charge is 0.328 e. The Morgan fingerprint density at radius 2 is 1.08 bits per heavy atom. The van der Waals surface area contributed by atoms with E-state index >= 15 is 0 Å². The lowest BCUT2D eigenvalue weighted by molar-refractivity contribution is -0.143. The number of aliphatic carboxylic acids is 2. The summed E-state index contributed by atoms with van der Waals surface area (Å²) in [6.07, 6.45) is -0.657. The lowest BCUT2D eigenvalue weighted by Gasteiger charge is -2.25. The molecule has 0 spiro atoms. The third-order valence-electron chi connectivity index (χ3n) is 5.36. The summed E-state index contributed by atoms with van der Waals surface area (Å²) in [6.45, 7) is -0.860. The molecule has 8 N–H and O–H groups in total. The first-order valence-electron chi connectivity index (χ1n) is 11.4. The summed E-state index contributed by atoms with van der Waals surface area (Å²) in [5.41, 5.74) is 6.97. The van der Waals surface area contributed by atoms with Crippen LogP contribution in [-0.4, -0.2) is 75.8 Å². The van der Waals surface area contributed by atoms with Gasteiger partial charge in [-0.1, -0.05) is 60.7 Å². The number of amides is 3. The third kappa shape index (κ3) is 9.70. The quantitative estimate of drug-likeness (QED) is 0.161. The fourth-order valence-electron chi connectivity index (χ4n) is 3.41. The van der Waals surface area contributed by atoms with E-state index in [1.165, 1.54) is 0 Å².